The van der Waals surface area contributed by atoms with Gasteiger partial charge < -0.3 is 10.6 Å². The van der Waals surface area contributed by atoms with Crippen LogP contribution in [-0.4, -0.2) is 26.0 Å². The van der Waals surface area contributed by atoms with Crippen LogP contribution in [0.4, 0.5) is 17.6 Å². The summed E-state index contributed by atoms with van der Waals surface area (Å²) in [6.45, 7) is 4.21. The smallest absolute Gasteiger partial charge is 0.232 e. The molecular formula is C19H24N6S. The standard InChI is InChI=1S/C19H24N6S/c1-12(2)17-23-18(21-13-6-4-3-5-7-13)25-19(24-17)22-14-8-9-15-16(10-14)26-11-20-15/h8-13H,3-7H2,1-2H3,(H2,21,22,23,24,25). The number of aromatic nitrogens is 4. The zero-order valence-electron chi connectivity index (χ0n) is 15.2. The Morgan fingerprint density at radius 1 is 1.04 bits per heavy atom. The molecule has 136 valence electrons. The predicted octanol–water partition coefficient (Wildman–Crippen LogP) is 5.09. The summed E-state index contributed by atoms with van der Waals surface area (Å²) in [5, 5.41) is 6.85. The number of benzene rings is 1. The molecule has 0 amide bonds. The van der Waals surface area contributed by atoms with Crippen molar-refractivity contribution in [2.24, 2.45) is 0 Å². The molecule has 0 saturated heterocycles. The lowest BCUT2D eigenvalue weighted by Gasteiger charge is -2.23. The van der Waals surface area contributed by atoms with E-state index in [-0.39, 0.29) is 5.92 Å². The molecule has 0 spiro atoms. The number of hydrogen-bond donors (Lipinski definition) is 2. The van der Waals surface area contributed by atoms with Crippen LogP contribution in [0.15, 0.2) is 23.7 Å². The molecule has 0 radical (unpaired) electrons. The lowest BCUT2D eigenvalue weighted by Crippen LogP contribution is -2.24. The van der Waals surface area contributed by atoms with Crippen molar-refractivity contribution >= 4 is 39.1 Å². The third kappa shape index (κ3) is 3.93. The van der Waals surface area contributed by atoms with Gasteiger partial charge in [-0.25, -0.2) is 4.98 Å². The Kier molecular flexibility index (Phi) is 4.97. The van der Waals surface area contributed by atoms with E-state index in [4.69, 9.17) is 0 Å². The quantitative estimate of drug-likeness (QED) is 0.653. The average Bonchev–Trinajstić information content (AvgIpc) is 3.10. The molecule has 2 aromatic heterocycles. The first-order chi connectivity index (χ1) is 12.7. The highest BCUT2D eigenvalue weighted by Gasteiger charge is 2.16. The number of thiazole rings is 1. The van der Waals surface area contributed by atoms with Crippen LogP contribution in [0.5, 0.6) is 0 Å². The molecule has 2 heterocycles. The fourth-order valence-electron chi connectivity index (χ4n) is 3.26. The van der Waals surface area contributed by atoms with Crippen LogP contribution < -0.4 is 10.6 Å². The molecule has 1 aliphatic rings. The predicted molar refractivity (Wildman–Crippen MR) is 107 cm³/mol. The van der Waals surface area contributed by atoms with Crippen LogP contribution in [0.25, 0.3) is 10.2 Å². The van der Waals surface area contributed by atoms with Gasteiger partial charge in [0.05, 0.1) is 15.7 Å². The van der Waals surface area contributed by atoms with Crippen molar-refractivity contribution < 1.29 is 0 Å². The highest BCUT2D eigenvalue weighted by Crippen LogP contribution is 2.25. The van der Waals surface area contributed by atoms with E-state index in [1.807, 2.05) is 17.6 Å². The van der Waals surface area contributed by atoms with Crippen molar-refractivity contribution in [1.29, 1.82) is 0 Å². The highest BCUT2D eigenvalue weighted by atomic mass is 32.1. The Morgan fingerprint density at radius 3 is 2.65 bits per heavy atom. The summed E-state index contributed by atoms with van der Waals surface area (Å²) in [6, 6.07) is 6.57. The molecule has 3 aromatic rings. The third-order valence-electron chi connectivity index (χ3n) is 4.69. The van der Waals surface area contributed by atoms with E-state index in [1.54, 1.807) is 11.3 Å². The summed E-state index contributed by atoms with van der Waals surface area (Å²) in [7, 11) is 0. The summed E-state index contributed by atoms with van der Waals surface area (Å²) in [6.07, 6.45) is 6.26. The minimum Gasteiger partial charge on any atom is -0.351 e. The lowest BCUT2D eigenvalue weighted by atomic mass is 9.96. The monoisotopic (exact) mass is 368 g/mol. The van der Waals surface area contributed by atoms with E-state index in [1.165, 1.54) is 32.1 Å². The number of hydrogen-bond acceptors (Lipinski definition) is 7. The number of rotatable bonds is 5. The van der Waals surface area contributed by atoms with Crippen molar-refractivity contribution in [2.45, 2.75) is 57.9 Å². The van der Waals surface area contributed by atoms with E-state index in [2.05, 4.69) is 50.5 Å². The zero-order chi connectivity index (χ0) is 17.9. The van der Waals surface area contributed by atoms with Crippen LogP contribution in [-0.2, 0) is 0 Å². The molecule has 1 saturated carbocycles. The molecule has 6 nitrogen and oxygen atoms in total. The van der Waals surface area contributed by atoms with Crippen molar-refractivity contribution in [2.75, 3.05) is 10.6 Å². The number of nitrogens with one attached hydrogen (secondary N) is 2. The second-order valence-corrected chi connectivity index (χ2v) is 8.02. The normalized spacial score (nSPS) is 15.5. The highest BCUT2D eigenvalue weighted by molar-refractivity contribution is 7.16. The summed E-state index contributed by atoms with van der Waals surface area (Å²) < 4.78 is 1.15. The molecule has 0 aliphatic heterocycles. The number of anilines is 3. The van der Waals surface area contributed by atoms with Gasteiger partial charge in [-0.2, -0.15) is 15.0 Å². The van der Waals surface area contributed by atoms with Gasteiger partial charge in [-0.1, -0.05) is 33.1 Å². The Bertz CT molecular complexity index is 885. The molecule has 1 aromatic carbocycles. The van der Waals surface area contributed by atoms with Crippen LogP contribution in [0, 0.1) is 0 Å². The Labute approximate surface area is 157 Å². The number of fused-ring (bicyclic) bond motifs is 1. The largest absolute Gasteiger partial charge is 0.351 e. The zero-order valence-corrected chi connectivity index (χ0v) is 16.0. The second kappa shape index (κ2) is 7.53. The molecule has 26 heavy (non-hydrogen) atoms. The first-order valence-electron chi connectivity index (χ1n) is 9.30. The van der Waals surface area contributed by atoms with Crippen LogP contribution >= 0.6 is 11.3 Å². The van der Waals surface area contributed by atoms with Crippen molar-refractivity contribution in [1.82, 2.24) is 19.9 Å². The molecule has 7 heteroatoms. The van der Waals surface area contributed by atoms with Gasteiger partial charge in [-0.05, 0) is 31.0 Å². The molecule has 2 N–H and O–H groups in total. The molecule has 0 bridgehead atoms. The summed E-state index contributed by atoms with van der Waals surface area (Å²) in [4.78, 5) is 18.2. The van der Waals surface area contributed by atoms with E-state index in [0.717, 1.165) is 21.7 Å². The maximum atomic E-state index is 4.63. The van der Waals surface area contributed by atoms with Gasteiger partial charge in [0.25, 0.3) is 0 Å². The summed E-state index contributed by atoms with van der Waals surface area (Å²) in [5.74, 6) is 2.32. The molecule has 1 aliphatic carbocycles. The van der Waals surface area contributed by atoms with Gasteiger partial charge in [0.2, 0.25) is 11.9 Å². The van der Waals surface area contributed by atoms with E-state index in [0.29, 0.717) is 17.9 Å². The van der Waals surface area contributed by atoms with Gasteiger partial charge in [-0.15, -0.1) is 11.3 Å². The lowest BCUT2D eigenvalue weighted by molar-refractivity contribution is 0.460. The molecule has 1 fully saturated rings. The van der Waals surface area contributed by atoms with Crippen LogP contribution in [0.3, 0.4) is 0 Å². The van der Waals surface area contributed by atoms with Gasteiger partial charge in [0.1, 0.15) is 5.82 Å². The topological polar surface area (TPSA) is 75.6 Å². The minimum atomic E-state index is 0.245. The van der Waals surface area contributed by atoms with Crippen molar-refractivity contribution in [3.8, 4) is 0 Å². The van der Waals surface area contributed by atoms with E-state index < -0.39 is 0 Å². The third-order valence-corrected chi connectivity index (χ3v) is 5.49. The van der Waals surface area contributed by atoms with Gasteiger partial charge >= 0.3 is 0 Å². The molecule has 4 rings (SSSR count). The van der Waals surface area contributed by atoms with E-state index in [9.17, 15) is 0 Å². The second-order valence-electron chi connectivity index (χ2n) is 7.13. The number of nitrogens with zero attached hydrogens (tertiary/aromatic N) is 4. The fourth-order valence-corrected chi connectivity index (χ4v) is 3.98. The van der Waals surface area contributed by atoms with Crippen molar-refractivity contribution in [3.05, 3.63) is 29.5 Å². The van der Waals surface area contributed by atoms with Gasteiger partial charge in [0, 0.05) is 17.6 Å². The summed E-state index contributed by atoms with van der Waals surface area (Å²) >= 11 is 1.63. The van der Waals surface area contributed by atoms with Gasteiger partial charge in [-0.3, -0.25) is 0 Å². The Hall–Kier alpha value is -2.28. The molecule has 0 unspecified atom stereocenters. The molecular weight excluding hydrogens is 344 g/mol. The Morgan fingerprint density at radius 2 is 1.85 bits per heavy atom. The van der Waals surface area contributed by atoms with Crippen LogP contribution in [0.2, 0.25) is 0 Å². The van der Waals surface area contributed by atoms with Crippen LogP contribution in [0.1, 0.15) is 57.7 Å². The average molecular weight is 369 g/mol. The SMILES string of the molecule is CC(C)c1nc(Nc2ccc3ncsc3c2)nc(NC2CCCCC2)n1. The fraction of sp³-hybridized carbons (Fsp3) is 0.474. The van der Waals surface area contributed by atoms with Crippen molar-refractivity contribution in [3.63, 3.8) is 0 Å². The Balaban J connectivity index is 1.59. The summed E-state index contributed by atoms with van der Waals surface area (Å²) in [5.41, 5.74) is 3.84. The first-order valence-corrected chi connectivity index (χ1v) is 10.2. The van der Waals surface area contributed by atoms with E-state index >= 15 is 0 Å². The minimum absolute atomic E-state index is 0.245. The maximum Gasteiger partial charge on any atom is 0.232 e. The van der Waals surface area contributed by atoms with Gasteiger partial charge in [0.15, 0.2) is 0 Å². The first kappa shape index (κ1) is 17.1. The maximum absolute atomic E-state index is 4.63. The molecule has 0 atom stereocenters.